The van der Waals surface area contributed by atoms with E-state index < -0.39 is 5.97 Å². The summed E-state index contributed by atoms with van der Waals surface area (Å²) in [6, 6.07) is 13.6. The van der Waals surface area contributed by atoms with Crippen LogP contribution in [0.1, 0.15) is 72.9 Å². The van der Waals surface area contributed by atoms with Gasteiger partial charge in [-0.05, 0) is 55.7 Å². The van der Waals surface area contributed by atoms with Crippen LogP contribution in [0.3, 0.4) is 0 Å². The van der Waals surface area contributed by atoms with Crippen LogP contribution in [-0.4, -0.2) is 33.4 Å². The average Bonchev–Trinajstić information content (AvgIpc) is 3.18. The van der Waals surface area contributed by atoms with Crippen LogP contribution >= 0.6 is 0 Å². The number of rotatable bonds is 8. The monoisotopic (exact) mass is 394 g/mol. The van der Waals surface area contributed by atoms with Gasteiger partial charge in [0.25, 0.3) is 0 Å². The number of benzene rings is 1. The number of carboxylic acid groups (broad SMARTS) is 1. The first kappa shape index (κ1) is 21.0. The van der Waals surface area contributed by atoms with Gasteiger partial charge in [0.2, 0.25) is 5.91 Å². The van der Waals surface area contributed by atoms with Crippen molar-refractivity contribution in [3.05, 3.63) is 65.0 Å². The van der Waals surface area contributed by atoms with Crippen molar-refractivity contribution >= 4 is 11.9 Å². The van der Waals surface area contributed by atoms with Gasteiger partial charge in [0.05, 0.1) is 23.0 Å². The van der Waals surface area contributed by atoms with E-state index in [-0.39, 0.29) is 17.5 Å². The van der Waals surface area contributed by atoms with E-state index in [1.165, 1.54) is 5.56 Å². The molecular weight excluding hydrogens is 364 g/mol. The van der Waals surface area contributed by atoms with Crippen molar-refractivity contribution in [3.63, 3.8) is 0 Å². The van der Waals surface area contributed by atoms with Gasteiger partial charge in [0, 0.05) is 13.0 Å². The fourth-order valence-corrected chi connectivity index (χ4v) is 4.03. The number of carbonyl (C=O) groups is 2. The summed E-state index contributed by atoms with van der Waals surface area (Å²) in [7, 11) is 0. The number of pyridine rings is 1. The molecule has 1 aliphatic heterocycles. The average molecular weight is 395 g/mol. The van der Waals surface area contributed by atoms with E-state index in [2.05, 4.69) is 12.1 Å². The number of aromatic carboxylic acids is 1. The van der Waals surface area contributed by atoms with Crippen LogP contribution in [0.15, 0.2) is 42.5 Å². The normalized spacial score (nSPS) is 16.4. The lowest BCUT2D eigenvalue weighted by Crippen LogP contribution is -2.32. The van der Waals surface area contributed by atoms with Crippen LogP contribution in [0, 0.1) is 5.92 Å². The minimum Gasteiger partial charge on any atom is -0.478 e. The van der Waals surface area contributed by atoms with Crippen LogP contribution in [0.4, 0.5) is 0 Å². The predicted octanol–water partition coefficient (Wildman–Crippen LogP) is 4.66. The Morgan fingerprint density at radius 2 is 1.90 bits per heavy atom. The summed E-state index contributed by atoms with van der Waals surface area (Å²) in [6.07, 6.45) is 4.70. The Hall–Kier alpha value is -2.69. The van der Waals surface area contributed by atoms with Crippen molar-refractivity contribution in [2.75, 3.05) is 6.54 Å². The minimum atomic E-state index is -0.946. The molecule has 5 heteroatoms. The highest BCUT2D eigenvalue weighted by Crippen LogP contribution is 2.32. The summed E-state index contributed by atoms with van der Waals surface area (Å²) in [4.78, 5) is 31.0. The smallest absolute Gasteiger partial charge is 0.337 e. The zero-order valence-electron chi connectivity index (χ0n) is 17.3. The molecule has 1 atom stereocenters. The van der Waals surface area contributed by atoms with Gasteiger partial charge < -0.3 is 10.0 Å². The maximum absolute atomic E-state index is 12.6. The molecule has 1 saturated heterocycles. The highest BCUT2D eigenvalue weighted by Gasteiger charge is 2.31. The number of hydrogen-bond acceptors (Lipinski definition) is 3. The van der Waals surface area contributed by atoms with Crippen molar-refractivity contribution in [2.45, 2.75) is 58.4 Å². The van der Waals surface area contributed by atoms with Gasteiger partial charge in [0.1, 0.15) is 0 Å². The number of nitrogens with zero attached hydrogens (tertiary/aromatic N) is 2. The summed E-state index contributed by atoms with van der Waals surface area (Å²) in [5.74, 6) is -0.463. The topological polar surface area (TPSA) is 70.5 Å². The maximum atomic E-state index is 12.6. The van der Waals surface area contributed by atoms with Crippen LogP contribution in [0.25, 0.3) is 0 Å². The van der Waals surface area contributed by atoms with Gasteiger partial charge in [-0.2, -0.15) is 0 Å². The Morgan fingerprint density at radius 3 is 2.59 bits per heavy atom. The van der Waals surface area contributed by atoms with E-state index in [0.717, 1.165) is 37.9 Å². The Labute approximate surface area is 172 Å². The zero-order valence-corrected chi connectivity index (χ0v) is 17.3. The third-order valence-electron chi connectivity index (χ3n) is 5.45. The Bertz CT molecular complexity index is 848. The first-order chi connectivity index (χ1) is 14.0. The summed E-state index contributed by atoms with van der Waals surface area (Å²) < 4.78 is 0. The molecule has 1 aromatic carbocycles. The third kappa shape index (κ3) is 5.43. The Balaban J connectivity index is 1.76. The summed E-state index contributed by atoms with van der Waals surface area (Å²) in [6.45, 7) is 4.85. The molecule has 3 rings (SSSR count). The van der Waals surface area contributed by atoms with Gasteiger partial charge in [-0.3, -0.25) is 9.78 Å². The van der Waals surface area contributed by atoms with Gasteiger partial charge in [0.15, 0.2) is 0 Å². The standard InChI is InChI=1S/C24H30N2O3/c1-17(2)16-23(27)26-15-7-12-22(26)21-14-13-19(24(28)29)20(25-21)11-6-10-18-8-4-3-5-9-18/h3-5,8-9,13-14,17,22H,6-7,10-12,15-16H2,1-2H3,(H,28,29). The second-order valence-electron chi connectivity index (χ2n) is 8.22. The molecule has 154 valence electrons. The molecule has 1 unspecified atom stereocenters. The lowest BCUT2D eigenvalue weighted by Gasteiger charge is -2.25. The van der Waals surface area contributed by atoms with E-state index in [1.54, 1.807) is 12.1 Å². The molecule has 5 nitrogen and oxygen atoms in total. The van der Waals surface area contributed by atoms with Gasteiger partial charge in [-0.25, -0.2) is 4.79 Å². The fraction of sp³-hybridized carbons (Fsp3) is 0.458. The number of carbonyl (C=O) groups excluding carboxylic acids is 1. The molecule has 2 aromatic rings. The first-order valence-corrected chi connectivity index (χ1v) is 10.5. The molecule has 2 heterocycles. The third-order valence-corrected chi connectivity index (χ3v) is 5.45. The lowest BCUT2D eigenvalue weighted by atomic mass is 10.0. The number of likely N-dealkylation sites (tertiary alicyclic amines) is 1. The molecule has 29 heavy (non-hydrogen) atoms. The van der Waals surface area contributed by atoms with Crippen LogP contribution in [0.5, 0.6) is 0 Å². The molecule has 1 aromatic heterocycles. The SMILES string of the molecule is CC(C)CC(=O)N1CCCC1c1ccc(C(=O)O)c(CCCc2ccccc2)n1. The van der Waals surface area contributed by atoms with E-state index in [1.807, 2.05) is 36.9 Å². The Kier molecular flexibility index (Phi) is 7.02. The molecule has 0 radical (unpaired) electrons. The molecular formula is C24H30N2O3. The molecule has 0 aliphatic carbocycles. The number of hydrogen-bond donors (Lipinski definition) is 1. The predicted molar refractivity (Wildman–Crippen MR) is 113 cm³/mol. The van der Waals surface area contributed by atoms with Crippen LogP contribution in [0.2, 0.25) is 0 Å². The molecule has 0 saturated carbocycles. The second kappa shape index (κ2) is 9.68. The molecule has 1 fully saturated rings. The zero-order chi connectivity index (χ0) is 20.8. The van der Waals surface area contributed by atoms with Gasteiger partial charge in [-0.15, -0.1) is 0 Å². The van der Waals surface area contributed by atoms with Gasteiger partial charge >= 0.3 is 5.97 Å². The van der Waals surface area contributed by atoms with Crippen molar-refractivity contribution < 1.29 is 14.7 Å². The van der Waals surface area contributed by atoms with E-state index in [4.69, 9.17) is 4.98 Å². The maximum Gasteiger partial charge on any atom is 0.337 e. The molecule has 0 spiro atoms. The first-order valence-electron chi connectivity index (χ1n) is 10.5. The van der Waals surface area contributed by atoms with Crippen molar-refractivity contribution in [1.82, 2.24) is 9.88 Å². The summed E-state index contributed by atoms with van der Waals surface area (Å²) in [5, 5.41) is 9.57. The van der Waals surface area contributed by atoms with Crippen LogP contribution in [-0.2, 0) is 17.6 Å². The minimum absolute atomic E-state index is 0.0445. The lowest BCUT2D eigenvalue weighted by molar-refractivity contribution is -0.133. The van der Waals surface area contributed by atoms with E-state index >= 15 is 0 Å². The largest absolute Gasteiger partial charge is 0.478 e. The van der Waals surface area contributed by atoms with Crippen LogP contribution < -0.4 is 0 Å². The van der Waals surface area contributed by atoms with Crippen molar-refractivity contribution in [3.8, 4) is 0 Å². The van der Waals surface area contributed by atoms with E-state index in [9.17, 15) is 14.7 Å². The Morgan fingerprint density at radius 1 is 1.14 bits per heavy atom. The highest BCUT2D eigenvalue weighted by molar-refractivity contribution is 5.88. The van der Waals surface area contributed by atoms with Crippen molar-refractivity contribution in [2.24, 2.45) is 5.92 Å². The number of carboxylic acids is 1. The van der Waals surface area contributed by atoms with Crippen molar-refractivity contribution in [1.29, 1.82) is 0 Å². The summed E-state index contributed by atoms with van der Waals surface area (Å²) >= 11 is 0. The molecule has 1 amide bonds. The second-order valence-corrected chi connectivity index (χ2v) is 8.22. The van der Waals surface area contributed by atoms with Gasteiger partial charge in [-0.1, -0.05) is 44.2 Å². The summed E-state index contributed by atoms with van der Waals surface area (Å²) in [5.41, 5.74) is 2.94. The molecule has 1 N–H and O–H groups in total. The number of amides is 1. The fourth-order valence-electron chi connectivity index (χ4n) is 4.03. The molecule has 1 aliphatic rings. The molecule has 0 bridgehead atoms. The number of aromatic nitrogens is 1. The van der Waals surface area contributed by atoms with E-state index in [0.29, 0.717) is 24.5 Å². The quantitative estimate of drug-likeness (QED) is 0.707. The highest BCUT2D eigenvalue weighted by atomic mass is 16.4. The number of aryl methyl sites for hydroxylation is 2.